The number of nitrogens with one attached hydrogen (secondary N) is 2. The van der Waals surface area contributed by atoms with E-state index in [0.29, 0.717) is 16.9 Å². The lowest BCUT2D eigenvalue weighted by Gasteiger charge is -2.06. The molecule has 0 atom stereocenters. The monoisotopic (exact) mass is 285 g/mol. The predicted octanol–water partition coefficient (Wildman–Crippen LogP) is 1.94. The van der Waals surface area contributed by atoms with Crippen molar-refractivity contribution in [2.45, 2.75) is 19.3 Å². The first-order chi connectivity index (χ1) is 10.2. The second-order valence-electron chi connectivity index (χ2n) is 4.91. The van der Waals surface area contributed by atoms with Crippen LogP contribution in [0.15, 0.2) is 24.3 Å². The lowest BCUT2D eigenvalue weighted by Crippen LogP contribution is -2.14. The molecule has 1 aliphatic rings. The molecule has 0 radical (unpaired) electrons. The van der Waals surface area contributed by atoms with Crippen LogP contribution in [0, 0.1) is 0 Å². The van der Waals surface area contributed by atoms with Crippen LogP contribution in [0.2, 0.25) is 0 Å². The number of hydrogen-bond donors (Lipinski definition) is 2. The molecule has 0 fully saturated rings. The number of aryl methyl sites for hydroxylation is 1. The molecule has 6 heteroatoms. The number of hydrogen-bond acceptors (Lipinski definition) is 4. The number of carbonyl (C=O) groups excluding carboxylic acids is 2. The van der Waals surface area contributed by atoms with E-state index in [0.717, 1.165) is 30.5 Å². The first-order valence-corrected chi connectivity index (χ1v) is 6.75. The number of aromatic nitrogens is 2. The topological polar surface area (TPSA) is 84.1 Å². The van der Waals surface area contributed by atoms with Crippen molar-refractivity contribution in [1.29, 1.82) is 0 Å². The molecule has 1 aromatic carbocycles. The van der Waals surface area contributed by atoms with E-state index in [1.165, 1.54) is 7.11 Å². The smallest absolute Gasteiger partial charge is 0.337 e. The van der Waals surface area contributed by atoms with Crippen LogP contribution in [-0.2, 0) is 17.6 Å². The fourth-order valence-corrected chi connectivity index (χ4v) is 2.54. The van der Waals surface area contributed by atoms with Gasteiger partial charge < -0.3 is 10.1 Å². The Morgan fingerprint density at radius 3 is 3.00 bits per heavy atom. The van der Waals surface area contributed by atoms with E-state index >= 15 is 0 Å². The molecule has 108 valence electrons. The zero-order valence-corrected chi connectivity index (χ0v) is 11.6. The number of esters is 1. The second-order valence-corrected chi connectivity index (χ2v) is 4.91. The minimum absolute atomic E-state index is 0.267. The van der Waals surface area contributed by atoms with E-state index in [1.54, 1.807) is 24.3 Å². The van der Waals surface area contributed by atoms with Gasteiger partial charge in [0.15, 0.2) is 5.69 Å². The Labute approximate surface area is 121 Å². The molecule has 1 heterocycles. The lowest BCUT2D eigenvalue weighted by molar-refractivity contribution is 0.0600. The normalized spacial score (nSPS) is 12.8. The van der Waals surface area contributed by atoms with Gasteiger partial charge in [0.1, 0.15) is 0 Å². The lowest BCUT2D eigenvalue weighted by atomic mass is 10.1. The van der Waals surface area contributed by atoms with Crippen molar-refractivity contribution in [2.75, 3.05) is 12.4 Å². The Hall–Kier alpha value is -2.63. The first kappa shape index (κ1) is 13.4. The molecule has 0 bridgehead atoms. The maximum absolute atomic E-state index is 12.3. The van der Waals surface area contributed by atoms with E-state index in [1.807, 2.05) is 0 Å². The molecule has 6 nitrogen and oxygen atoms in total. The summed E-state index contributed by atoms with van der Waals surface area (Å²) < 4.78 is 4.66. The van der Waals surface area contributed by atoms with Crippen molar-refractivity contribution >= 4 is 17.6 Å². The van der Waals surface area contributed by atoms with Gasteiger partial charge in [0, 0.05) is 16.9 Å². The summed E-state index contributed by atoms with van der Waals surface area (Å²) in [5.41, 5.74) is 3.41. The van der Waals surface area contributed by atoms with Crippen LogP contribution >= 0.6 is 0 Å². The highest BCUT2D eigenvalue weighted by molar-refractivity contribution is 6.04. The largest absolute Gasteiger partial charge is 0.465 e. The molecule has 0 saturated carbocycles. The molecule has 1 amide bonds. The Balaban J connectivity index is 1.80. The van der Waals surface area contributed by atoms with Crippen LogP contribution in [0.4, 0.5) is 5.69 Å². The highest BCUT2D eigenvalue weighted by Gasteiger charge is 2.23. The molecule has 3 rings (SSSR count). The van der Waals surface area contributed by atoms with Crippen molar-refractivity contribution in [3.8, 4) is 0 Å². The average molecular weight is 285 g/mol. The summed E-state index contributed by atoms with van der Waals surface area (Å²) in [6.07, 6.45) is 2.85. The van der Waals surface area contributed by atoms with Gasteiger partial charge in [0.05, 0.1) is 12.7 Å². The summed E-state index contributed by atoms with van der Waals surface area (Å²) in [4.78, 5) is 23.8. The predicted molar refractivity (Wildman–Crippen MR) is 76.3 cm³/mol. The van der Waals surface area contributed by atoms with Crippen molar-refractivity contribution in [3.05, 3.63) is 46.8 Å². The molecule has 21 heavy (non-hydrogen) atoms. The molecule has 0 aliphatic heterocycles. The van der Waals surface area contributed by atoms with Crippen LogP contribution in [0.5, 0.6) is 0 Å². The van der Waals surface area contributed by atoms with Crippen molar-refractivity contribution in [3.63, 3.8) is 0 Å². The van der Waals surface area contributed by atoms with Gasteiger partial charge in [-0.15, -0.1) is 0 Å². The van der Waals surface area contributed by atoms with Gasteiger partial charge in [-0.05, 0) is 37.5 Å². The summed E-state index contributed by atoms with van der Waals surface area (Å²) >= 11 is 0. The Bertz CT molecular complexity index is 706. The Morgan fingerprint density at radius 1 is 1.33 bits per heavy atom. The number of nitrogens with zero attached hydrogens (tertiary/aromatic N) is 1. The van der Waals surface area contributed by atoms with Gasteiger partial charge in [-0.3, -0.25) is 9.89 Å². The molecule has 0 spiro atoms. The molecule has 1 aromatic heterocycles. The summed E-state index contributed by atoms with van der Waals surface area (Å²) in [6, 6.07) is 6.62. The third-order valence-electron chi connectivity index (χ3n) is 3.56. The molecular weight excluding hydrogens is 270 g/mol. The van der Waals surface area contributed by atoms with Gasteiger partial charge in [-0.25, -0.2) is 4.79 Å². The molecular formula is C15H15N3O3. The number of ether oxygens (including phenoxy) is 1. The van der Waals surface area contributed by atoms with E-state index in [4.69, 9.17) is 0 Å². The van der Waals surface area contributed by atoms with Crippen LogP contribution in [0.3, 0.4) is 0 Å². The van der Waals surface area contributed by atoms with Gasteiger partial charge in [-0.1, -0.05) is 6.07 Å². The third-order valence-corrected chi connectivity index (χ3v) is 3.56. The van der Waals surface area contributed by atoms with Gasteiger partial charge in [0.2, 0.25) is 0 Å². The van der Waals surface area contributed by atoms with Crippen LogP contribution in [-0.4, -0.2) is 29.2 Å². The van der Waals surface area contributed by atoms with Crippen LogP contribution in [0.1, 0.15) is 38.5 Å². The van der Waals surface area contributed by atoms with Crippen LogP contribution in [0.25, 0.3) is 0 Å². The van der Waals surface area contributed by atoms with Gasteiger partial charge in [-0.2, -0.15) is 5.10 Å². The number of benzene rings is 1. The van der Waals surface area contributed by atoms with Crippen molar-refractivity contribution in [2.24, 2.45) is 0 Å². The third kappa shape index (κ3) is 2.52. The number of rotatable bonds is 3. The van der Waals surface area contributed by atoms with Crippen LogP contribution < -0.4 is 5.32 Å². The molecule has 0 saturated heterocycles. The maximum Gasteiger partial charge on any atom is 0.337 e. The number of aromatic amines is 1. The fraction of sp³-hybridized carbons (Fsp3) is 0.267. The molecule has 2 aromatic rings. The van der Waals surface area contributed by atoms with E-state index in [-0.39, 0.29) is 5.91 Å². The summed E-state index contributed by atoms with van der Waals surface area (Å²) in [6.45, 7) is 0. The minimum Gasteiger partial charge on any atom is -0.465 e. The molecule has 1 aliphatic carbocycles. The number of carbonyl (C=O) groups is 2. The van der Waals surface area contributed by atoms with Gasteiger partial charge in [0.25, 0.3) is 5.91 Å². The average Bonchev–Trinajstić information content (AvgIpc) is 3.09. The second kappa shape index (κ2) is 5.40. The number of methoxy groups -OCH3 is 1. The zero-order valence-electron chi connectivity index (χ0n) is 11.6. The molecule has 2 N–H and O–H groups in total. The van der Waals surface area contributed by atoms with E-state index < -0.39 is 5.97 Å². The Morgan fingerprint density at radius 2 is 2.19 bits per heavy atom. The van der Waals surface area contributed by atoms with E-state index in [2.05, 4.69) is 20.3 Å². The number of anilines is 1. The van der Waals surface area contributed by atoms with Crippen molar-refractivity contribution < 1.29 is 14.3 Å². The fourth-order valence-electron chi connectivity index (χ4n) is 2.54. The molecule has 0 unspecified atom stereocenters. The van der Waals surface area contributed by atoms with Gasteiger partial charge >= 0.3 is 5.97 Å². The zero-order chi connectivity index (χ0) is 14.8. The van der Waals surface area contributed by atoms with E-state index in [9.17, 15) is 9.59 Å². The highest BCUT2D eigenvalue weighted by Crippen LogP contribution is 2.23. The summed E-state index contributed by atoms with van der Waals surface area (Å²) in [7, 11) is 1.32. The standard InChI is InChI=1S/C15H15N3O3/c1-21-15(20)9-4-2-5-10(8-9)16-14(19)13-11-6-3-7-12(11)17-18-13/h2,4-5,8H,3,6-7H2,1H3,(H,16,19)(H,17,18). The Kier molecular flexibility index (Phi) is 3.43. The SMILES string of the molecule is COC(=O)c1cccc(NC(=O)c2n[nH]c3c2CCC3)c1. The highest BCUT2D eigenvalue weighted by atomic mass is 16.5. The maximum atomic E-state index is 12.3. The number of amides is 1. The quantitative estimate of drug-likeness (QED) is 0.844. The summed E-state index contributed by atoms with van der Waals surface area (Å²) in [5.74, 6) is -0.705. The first-order valence-electron chi connectivity index (χ1n) is 6.75. The number of H-pyrrole nitrogens is 1. The number of fused-ring (bicyclic) bond motifs is 1. The minimum atomic E-state index is -0.438. The van der Waals surface area contributed by atoms with Crippen molar-refractivity contribution in [1.82, 2.24) is 10.2 Å². The summed E-state index contributed by atoms with van der Waals surface area (Å²) in [5, 5.41) is 9.75.